The van der Waals surface area contributed by atoms with Crippen LogP contribution in [-0.2, 0) is 10.0 Å². The molecule has 1 aromatic rings. The molecule has 2 heterocycles. The Bertz CT molecular complexity index is 419. The Morgan fingerprint density at radius 1 is 1.44 bits per heavy atom. The molecule has 0 aliphatic carbocycles. The van der Waals surface area contributed by atoms with E-state index >= 15 is 0 Å². The number of hydrogen-bond acceptors (Lipinski definition) is 5. The number of rotatable bonds is 3. The topological polar surface area (TPSA) is 84.0 Å². The first-order valence-corrected chi connectivity index (χ1v) is 6.16. The molecule has 1 atom stereocenters. The Hall–Kier alpha value is -0.760. The van der Waals surface area contributed by atoms with Gasteiger partial charge < -0.3 is 5.32 Å². The molecule has 1 unspecified atom stereocenters. The smallest absolute Gasteiger partial charge is 0.259 e. The minimum Gasteiger partial charge on any atom is -0.315 e. The van der Waals surface area contributed by atoms with E-state index in [1.54, 1.807) is 0 Å². The zero-order valence-electron chi connectivity index (χ0n) is 8.46. The molecule has 1 aromatic heterocycles. The molecule has 6 nitrogen and oxygen atoms in total. The second-order valence-electron chi connectivity index (χ2n) is 3.35. The maximum atomic E-state index is 11.7. The van der Waals surface area contributed by atoms with Crippen LogP contribution in [0.25, 0.3) is 0 Å². The third-order valence-electron chi connectivity index (χ3n) is 2.20. The molecule has 8 heteroatoms. The second-order valence-corrected chi connectivity index (χ2v) is 5.02. The van der Waals surface area contributed by atoms with E-state index in [0.717, 1.165) is 13.0 Å². The normalized spacial score (nSPS) is 20.4. The number of halogens is 1. The molecule has 0 saturated carbocycles. The van der Waals surface area contributed by atoms with Crippen molar-refractivity contribution in [2.75, 3.05) is 13.1 Å². The fourth-order valence-electron chi connectivity index (χ4n) is 1.46. The number of nitrogens with zero attached hydrogens (tertiary/aromatic N) is 2. The zero-order chi connectivity index (χ0) is 10.7. The van der Waals surface area contributed by atoms with Crippen LogP contribution < -0.4 is 10.0 Å². The Labute approximate surface area is 100 Å². The first-order chi connectivity index (χ1) is 7.18. The van der Waals surface area contributed by atoms with Crippen molar-refractivity contribution < 1.29 is 8.42 Å². The molecule has 90 valence electrons. The molecule has 1 fully saturated rings. The van der Waals surface area contributed by atoms with Crippen LogP contribution in [0.5, 0.6) is 0 Å². The van der Waals surface area contributed by atoms with Gasteiger partial charge in [-0.1, -0.05) is 0 Å². The average Bonchev–Trinajstić information content (AvgIpc) is 2.71. The molecule has 0 spiro atoms. The summed E-state index contributed by atoms with van der Waals surface area (Å²) < 4.78 is 26.1. The molecule has 0 amide bonds. The SMILES string of the molecule is Cl.O=S(=O)(NC1CCNC1)c1cnccn1. The van der Waals surface area contributed by atoms with E-state index < -0.39 is 10.0 Å². The second kappa shape index (κ2) is 5.53. The van der Waals surface area contributed by atoms with Gasteiger partial charge >= 0.3 is 0 Å². The van der Waals surface area contributed by atoms with Crippen LogP contribution in [0.1, 0.15) is 6.42 Å². The lowest BCUT2D eigenvalue weighted by Crippen LogP contribution is -2.36. The van der Waals surface area contributed by atoms with Crippen molar-refractivity contribution in [1.29, 1.82) is 0 Å². The first kappa shape index (κ1) is 13.3. The lowest BCUT2D eigenvalue weighted by molar-refractivity contribution is 0.556. The maximum Gasteiger partial charge on any atom is 0.259 e. The zero-order valence-corrected chi connectivity index (χ0v) is 10.1. The minimum absolute atomic E-state index is 0. The van der Waals surface area contributed by atoms with E-state index in [0.29, 0.717) is 6.54 Å². The van der Waals surface area contributed by atoms with Crippen LogP contribution in [0, 0.1) is 0 Å². The third kappa shape index (κ3) is 3.11. The molecule has 0 radical (unpaired) electrons. The van der Waals surface area contributed by atoms with E-state index in [9.17, 15) is 8.42 Å². The van der Waals surface area contributed by atoms with Crippen LogP contribution in [0.4, 0.5) is 0 Å². The molecule has 16 heavy (non-hydrogen) atoms. The summed E-state index contributed by atoms with van der Waals surface area (Å²) in [6.45, 7) is 1.51. The van der Waals surface area contributed by atoms with Crippen molar-refractivity contribution >= 4 is 22.4 Å². The Morgan fingerprint density at radius 2 is 2.25 bits per heavy atom. The quantitative estimate of drug-likeness (QED) is 0.772. The largest absolute Gasteiger partial charge is 0.315 e. The van der Waals surface area contributed by atoms with Crippen molar-refractivity contribution in [1.82, 2.24) is 20.0 Å². The summed E-state index contributed by atoms with van der Waals surface area (Å²) in [5.41, 5.74) is 0. The van der Waals surface area contributed by atoms with Gasteiger partial charge in [-0.2, -0.15) is 0 Å². The van der Waals surface area contributed by atoms with Gasteiger partial charge in [0.05, 0.1) is 6.20 Å². The monoisotopic (exact) mass is 264 g/mol. The Balaban J connectivity index is 0.00000128. The van der Waals surface area contributed by atoms with E-state index in [1.807, 2.05) is 0 Å². The van der Waals surface area contributed by atoms with Gasteiger partial charge in [0.15, 0.2) is 5.03 Å². The first-order valence-electron chi connectivity index (χ1n) is 4.67. The van der Waals surface area contributed by atoms with E-state index in [2.05, 4.69) is 20.0 Å². The molecule has 0 bridgehead atoms. The highest BCUT2D eigenvalue weighted by Crippen LogP contribution is 2.06. The summed E-state index contributed by atoms with van der Waals surface area (Å²) in [5.74, 6) is 0. The highest BCUT2D eigenvalue weighted by Gasteiger charge is 2.23. The van der Waals surface area contributed by atoms with Gasteiger partial charge in [-0.3, -0.25) is 4.98 Å². The van der Waals surface area contributed by atoms with Gasteiger partial charge in [0, 0.05) is 25.0 Å². The van der Waals surface area contributed by atoms with Gasteiger partial charge in [0.25, 0.3) is 10.0 Å². The highest BCUT2D eigenvalue weighted by atomic mass is 35.5. The molecule has 1 saturated heterocycles. The van der Waals surface area contributed by atoms with E-state index in [4.69, 9.17) is 0 Å². The predicted octanol–water partition coefficient (Wildman–Crippen LogP) is -0.461. The average molecular weight is 265 g/mol. The molecular formula is C8H13ClN4O2S. The molecule has 2 rings (SSSR count). The van der Waals surface area contributed by atoms with Crippen LogP contribution in [-0.4, -0.2) is 37.5 Å². The molecule has 0 aromatic carbocycles. The number of hydrogen-bond donors (Lipinski definition) is 2. The van der Waals surface area contributed by atoms with Gasteiger partial charge in [-0.15, -0.1) is 12.4 Å². The number of aromatic nitrogens is 2. The lowest BCUT2D eigenvalue weighted by Gasteiger charge is -2.10. The summed E-state index contributed by atoms with van der Waals surface area (Å²) in [4.78, 5) is 7.49. The van der Waals surface area contributed by atoms with Crippen molar-refractivity contribution in [3.05, 3.63) is 18.6 Å². The molecule has 1 aliphatic rings. The maximum absolute atomic E-state index is 11.7. The number of nitrogens with one attached hydrogen (secondary N) is 2. The van der Waals surface area contributed by atoms with Crippen LogP contribution in [0.15, 0.2) is 23.6 Å². The summed E-state index contributed by atoms with van der Waals surface area (Å²) in [5, 5.41) is 3.05. The molecular weight excluding hydrogens is 252 g/mol. The number of sulfonamides is 1. The van der Waals surface area contributed by atoms with Gasteiger partial charge in [0.2, 0.25) is 0 Å². The fraction of sp³-hybridized carbons (Fsp3) is 0.500. The van der Waals surface area contributed by atoms with E-state index in [1.165, 1.54) is 18.6 Å². The third-order valence-corrected chi connectivity index (χ3v) is 3.60. The Kier molecular flexibility index (Phi) is 4.60. The fourth-order valence-corrected chi connectivity index (χ4v) is 2.62. The van der Waals surface area contributed by atoms with Gasteiger partial charge in [-0.25, -0.2) is 18.1 Å². The summed E-state index contributed by atoms with van der Waals surface area (Å²) >= 11 is 0. The van der Waals surface area contributed by atoms with Gasteiger partial charge in [0.1, 0.15) is 0 Å². The summed E-state index contributed by atoms with van der Waals surface area (Å²) in [6.07, 6.45) is 4.85. The van der Waals surface area contributed by atoms with Crippen LogP contribution >= 0.6 is 12.4 Å². The highest BCUT2D eigenvalue weighted by molar-refractivity contribution is 7.89. The lowest BCUT2D eigenvalue weighted by atomic mass is 10.3. The van der Waals surface area contributed by atoms with E-state index in [-0.39, 0.29) is 23.5 Å². The Morgan fingerprint density at radius 3 is 2.81 bits per heavy atom. The van der Waals surface area contributed by atoms with Crippen molar-refractivity contribution in [3.8, 4) is 0 Å². The molecule has 2 N–H and O–H groups in total. The van der Waals surface area contributed by atoms with Crippen molar-refractivity contribution in [3.63, 3.8) is 0 Å². The minimum atomic E-state index is -3.51. The summed E-state index contributed by atoms with van der Waals surface area (Å²) in [7, 11) is -3.51. The van der Waals surface area contributed by atoms with Crippen LogP contribution in [0.2, 0.25) is 0 Å². The van der Waals surface area contributed by atoms with Crippen LogP contribution in [0.3, 0.4) is 0 Å². The molecule has 1 aliphatic heterocycles. The van der Waals surface area contributed by atoms with Crippen molar-refractivity contribution in [2.45, 2.75) is 17.5 Å². The summed E-state index contributed by atoms with van der Waals surface area (Å²) in [6, 6.07) is -0.0444. The van der Waals surface area contributed by atoms with Gasteiger partial charge in [-0.05, 0) is 13.0 Å². The predicted molar refractivity (Wildman–Crippen MR) is 60.9 cm³/mol. The standard InChI is InChI=1S/C8H12N4O2S.ClH/c13-15(14,8-6-10-3-4-11-8)12-7-1-2-9-5-7;/h3-4,6-7,9,12H,1-2,5H2;1H. The van der Waals surface area contributed by atoms with Crippen molar-refractivity contribution in [2.24, 2.45) is 0 Å².